The first-order chi connectivity index (χ1) is 8.16. The summed E-state index contributed by atoms with van der Waals surface area (Å²) < 4.78 is 0. The Morgan fingerprint density at radius 1 is 1.47 bits per heavy atom. The molecule has 1 saturated heterocycles. The van der Waals surface area contributed by atoms with Gasteiger partial charge in [-0.25, -0.2) is 4.98 Å². The third-order valence-electron chi connectivity index (χ3n) is 3.09. The highest BCUT2D eigenvalue weighted by atomic mass is 35.5. The minimum atomic E-state index is 0. The van der Waals surface area contributed by atoms with E-state index in [1.165, 1.54) is 4.88 Å². The van der Waals surface area contributed by atoms with Crippen molar-refractivity contribution in [3.05, 3.63) is 15.6 Å². The summed E-state index contributed by atoms with van der Waals surface area (Å²) in [6, 6.07) is 0. The highest BCUT2D eigenvalue weighted by molar-refractivity contribution is 7.11. The number of nitrogens with one attached hydrogen (secondary N) is 2. The first kappa shape index (κ1) is 18.6. The number of piperidine rings is 1. The largest absolute Gasteiger partial charge is 0.351 e. The maximum absolute atomic E-state index is 11.9. The van der Waals surface area contributed by atoms with Crippen LogP contribution < -0.4 is 10.6 Å². The lowest BCUT2D eigenvalue weighted by atomic mass is 9.99. The number of thiazole rings is 1. The molecule has 1 aromatic rings. The monoisotopic (exact) mass is 325 g/mol. The summed E-state index contributed by atoms with van der Waals surface area (Å²) in [4.78, 5) is 17.4. The Morgan fingerprint density at radius 2 is 2.21 bits per heavy atom. The van der Waals surface area contributed by atoms with E-state index in [0.29, 0.717) is 6.54 Å². The van der Waals surface area contributed by atoms with Crippen molar-refractivity contribution < 1.29 is 4.79 Å². The van der Waals surface area contributed by atoms with Crippen molar-refractivity contribution in [2.75, 3.05) is 13.1 Å². The van der Waals surface area contributed by atoms with Gasteiger partial charge in [0.15, 0.2) is 0 Å². The Hall–Kier alpha value is -0.360. The molecule has 7 heteroatoms. The molecule has 0 aromatic carbocycles. The molecule has 0 spiro atoms. The van der Waals surface area contributed by atoms with Crippen LogP contribution >= 0.6 is 36.2 Å². The van der Waals surface area contributed by atoms with E-state index in [1.807, 2.05) is 13.8 Å². The molecular weight excluding hydrogens is 305 g/mol. The lowest BCUT2D eigenvalue weighted by Gasteiger charge is -2.21. The fraction of sp³-hybridized carbons (Fsp3) is 0.667. The molecule has 110 valence electrons. The molecule has 0 saturated carbocycles. The minimum Gasteiger partial charge on any atom is -0.351 e. The molecule has 1 atom stereocenters. The van der Waals surface area contributed by atoms with E-state index in [2.05, 4.69) is 15.6 Å². The summed E-state index contributed by atoms with van der Waals surface area (Å²) in [5.41, 5.74) is 1.04. The van der Waals surface area contributed by atoms with E-state index >= 15 is 0 Å². The average Bonchev–Trinajstić information content (AvgIpc) is 2.66. The van der Waals surface area contributed by atoms with Gasteiger partial charge in [-0.05, 0) is 33.2 Å². The molecule has 1 aliphatic heterocycles. The molecule has 1 aromatic heterocycles. The molecule has 0 radical (unpaired) electrons. The topological polar surface area (TPSA) is 54.0 Å². The number of aryl methyl sites for hydroxylation is 2. The zero-order chi connectivity index (χ0) is 12.3. The average molecular weight is 326 g/mol. The van der Waals surface area contributed by atoms with Crippen LogP contribution in [-0.2, 0) is 11.3 Å². The summed E-state index contributed by atoms with van der Waals surface area (Å²) in [5, 5.41) is 7.33. The predicted molar refractivity (Wildman–Crippen MR) is 83.5 cm³/mol. The molecule has 1 aliphatic rings. The van der Waals surface area contributed by atoms with Crippen LogP contribution in [0.25, 0.3) is 0 Å². The van der Waals surface area contributed by atoms with Gasteiger partial charge in [-0.15, -0.1) is 36.2 Å². The standard InChI is InChI=1S/C12H19N3OS.2ClH/c1-8-11(17-9(2)15-8)7-14-12(16)10-4-3-5-13-6-10;;/h10,13H,3-7H2,1-2H3,(H,14,16);2*1H. The van der Waals surface area contributed by atoms with Crippen LogP contribution in [0.2, 0.25) is 0 Å². The minimum absolute atomic E-state index is 0. The molecule has 2 N–H and O–H groups in total. The summed E-state index contributed by atoms with van der Waals surface area (Å²) in [5.74, 6) is 0.306. The molecule has 2 heterocycles. The van der Waals surface area contributed by atoms with Crippen molar-refractivity contribution in [3.63, 3.8) is 0 Å². The van der Waals surface area contributed by atoms with Gasteiger partial charge in [-0.1, -0.05) is 0 Å². The molecule has 2 rings (SSSR count). The van der Waals surface area contributed by atoms with Crippen LogP contribution in [0.5, 0.6) is 0 Å². The Morgan fingerprint density at radius 3 is 2.74 bits per heavy atom. The van der Waals surface area contributed by atoms with Gasteiger partial charge in [0.25, 0.3) is 0 Å². The van der Waals surface area contributed by atoms with E-state index in [1.54, 1.807) is 11.3 Å². The number of hydrogen-bond acceptors (Lipinski definition) is 4. The first-order valence-electron chi connectivity index (χ1n) is 6.08. The molecular formula is C12H21Cl2N3OS. The number of aromatic nitrogens is 1. The summed E-state index contributed by atoms with van der Waals surface area (Å²) in [7, 11) is 0. The van der Waals surface area contributed by atoms with E-state index in [4.69, 9.17) is 0 Å². The third kappa shape index (κ3) is 5.26. The van der Waals surface area contributed by atoms with E-state index < -0.39 is 0 Å². The number of amides is 1. The smallest absolute Gasteiger partial charge is 0.224 e. The van der Waals surface area contributed by atoms with Crippen molar-refractivity contribution in [1.29, 1.82) is 0 Å². The van der Waals surface area contributed by atoms with Crippen LogP contribution in [0.15, 0.2) is 0 Å². The Kier molecular flexibility index (Phi) is 8.57. The van der Waals surface area contributed by atoms with Crippen LogP contribution in [0.4, 0.5) is 0 Å². The normalized spacial score (nSPS) is 18.1. The molecule has 1 unspecified atom stereocenters. The van der Waals surface area contributed by atoms with Crippen molar-refractivity contribution in [2.45, 2.75) is 33.2 Å². The summed E-state index contributed by atoms with van der Waals surface area (Å²) >= 11 is 1.66. The van der Waals surface area contributed by atoms with Crippen molar-refractivity contribution in [3.8, 4) is 0 Å². The SMILES string of the molecule is Cc1nc(C)c(CNC(=O)C2CCCNC2)s1.Cl.Cl. The fourth-order valence-corrected chi connectivity index (χ4v) is 3.00. The van der Waals surface area contributed by atoms with Crippen molar-refractivity contribution in [2.24, 2.45) is 5.92 Å². The zero-order valence-corrected chi connectivity index (χ0v) is 13.6. The number of nitrogens with zero attached hydrogens (tertiary/aromatic N) is 1. The molecule has 4 nitrogen and oxygen atoms in total. The third-order valence-corrected chi connectivity index (χ3v) is 4.16. The molecule has 19 heavy (non-hydrogen) atoms. The number of halogens is 2. The van der Waals surface area contributed by atoms with E-state index in [-0.39, 0.29) is 36.6 Å². The van der Waals surface area contributed by atoms with Crippen molar-refractivity contribution >= 4 is 42.1 Å². The summed E-state index contributed by atoms with van der Waals surface area (Å²) in [6.07, 6.45) is 2.09. The van der Waals surface area contributed by atoms with Gasteiger partial charge in [-0.3, -0.25) is 4.79 Å². The van der Waals surface area contributed by atoms with E-state index in [9.17, 15) is 4.79 Å². The van der Waals surface area contributed by atoms with Crippen LogP contribution in [0, 0.1) is 19.8 Å². The number of carbonyl (C=O) groups excluding carboxylic acids is 1. The fourth-order valence-electron chi connectivity index (χ4n) is 2.12. The first-order valence-corrected chi connectivity index (χ1v) is 6.90. The summed E-state index contributed by atoms with van der Waals surface area (Å²) in [6.45, 7) is 6.46. The van der Waals surface area contributed by atoms with Crippen molar-refractivity contribution in [1.82, 2.24) is 15.6 Å². The van der Waals surface area contributed by atoms with E-state index in [0.717, 1.165) is 36.6 Å². The van der Waals surface area contributed by atoms with Gasteiger partial charge in [0.1, 0.15) is 0 Å². The zero-order valence-electron chi connectivity index (χ0n) is 11.2. The van der Waals surface area contributed by atoms with Crippen LogP contribution in [0.3, 0.4) is 0 Å². The molecule has 0 aliphatic carbocycles. The van der Waals surface area contributed by atoms with Gasteiger partial charge in [0.05, 0.1) is 23.2 Å². The lowest BCUT2D eigenvalue weighted by Crippen LogP contribution is -2.40. The lowest BCUT2D eigenvalue weighted by molar-refractivity contribution is -0.125. The Labute approximate surface area is 130 Å². The highest BCUT2D eigenvalue weighted by Gasteiger charge is 2.20. The predicted octanol–water partition coefficient (Wildman–Crippen LogP) is 2.22. The Bertz CT molecular complexity index is 406. The quantitative estimate of drug-likeness (QED) is 0.895. The second-order valence-corrected chi connectivity index (χ2v) is 5.79. The van der Waals surface area contributed by atoms with Gasteiger partial charge >= 0.3 is 0 Å². The van der Waals surface area contributed by atoms with Gasteiger partial charge in [0, 0.05) is 11.4 Å². The molecule has 1 amide bonds. The van der Waals surface area contributed by atoms with Gasteiger partial charge in [0.2, 0.25) is 5.91 Å². The highest BCUT2D eigenvalue weighted by Crippen LogP contribution is 2.17. The maximum atomic E-state index is 11.9. The second kappa shape index (κ2) is 8.74. The number of rotatable bonds is 3. The number of carbonyl (C=O) groups is 1. The Balaban J connectivity index is 0.00000162. The molecule has 0 bridgehead atoms. The van der Waals surface area contributed by atoms with Gasteiger partial charge in [-0.2, -0.15) is 0 Å². The van der Waals surface area contributed by atoms with Crippen LogP contribution in [-0.4, -0.2) is 24.0 Å². The van der Waals surface area contributed by atoms with Crippen LogP contribution in [0.1, 0.15) is 28.4 Å². The van der Waals surface area contributed by atoms with Gasteiger partial charge < -0.3 is 10.6 Å². The second-order valence-electron chi connectivity index (χ2n) is 4.50. The maximum Gasteiger partial charge on any atom is 0.224 e. The number of hydrogen-bond donors (Lipinski definition) is 2. The molecule has 1 fully saturated rings.